The number of hydrogen-bond acceptors (Lipinski definition) is 3. The second kappa shape index (κ2) is 6.40. The van der Waals surface area contributed by atoms with Gasteiger partial charge in [0.15, 0.2) is 6.61 Å². The number of nitrogens with two attached hydrogens (primary N) is 1. The van der Waals surface area contributed by atoms with Crippen LogP contribution >= 0.6 is 12.4 Å². The molecule has 0 unspecified atom stereocenters. The fourth-order valence-corrected chi connectivity index (χ4v) is 0.244. The van der Waals surface area contributed by atoms with Crippen LogP contribution in [-0.2, 0) is 9.53 Å². The van der Waals surface area contributed by atoms with Gasteiger partial charge in [0.1, 0.15) is 6.04 Å². The van der Waals surface area contributed by atoms with Crippen LogP contribution in [0.3, 0.4) is 0 Å². The predicted octanol–water partition coefficient (Wildman–Crippen LogP) is -0.0682. The first kappa shape index (κ1) is 12.0. The third-order valence-electron chi connectivity index (χ3n) is 0.670. The molecule has 10 heavy (non-hydrogen) atoms. The molecule has 0 fully saturated rings. The van der Waals surface area contributed by atoms with Crippen LogP contribution < -0.4 is 5.73 Å². The summed E-state index contributed by atoms with van der Waals surface area (Å²) in [6.45, 7) is 1.54. The monoisotopic (exact) mass is 163 g/mol. The van der Waals surface area contributed by atoms with E-state index in [4.69, 9.17) is 12.2 Å². The Kier molecular flexibility index (Phi) is 7.68. The van der Waals surface area contributed by atoms with Crippen molar-refractivity contribution in [2.24, 2.45) is 5.73 Å². The summed E-state index contributed by atoms with van der Waals surface area (Å²) in [5.41, 5.74) is 5.13. The standard InChI is InChI=1S/C6H9NO2.ClH/c1-3-4-9-6(8)5(2)7;/h1,5H,4,7H2,2H3;1H/t5-;/m0./s1. The van der Waals surface area contributed by atoms with Crippen LogP contribution in [0.1, 0.15) is 6.92 Å². The summed E-state index contributed by atoms with van der Waals surface area (Å²) in [5.74, 6) is 1.69. The minimum atomic E-state index is -0.585. The summed E-state index contributed by atoms with van der Waals surface area (Å²) in [6, 6.07) is -0.585. The van der Waals surface area contributed by atoms with Gasteiger partial charge in [-0.3, -0.25) is 4.79 Å². The van der Waals surface area contributed by atoms with Crippen molar-refractivity contribution in [1.82, 2.24) is 0 Å². The summed E-state index contributed by atoms with van der Waals surface area (Å²) in [7, 11) is 0. The summed E-state index contributed by atoms with van der Waals surface area (Å²) in [4.78, 5) is 10.5. The van der Waals surface area contributed by atoms with Crippen molar-refractivity contribution in [2.45, 2.75) is 13.0 Å². The highest BCUT2D eigenvalue weighted by molar-refractivity contribution is 5.85. The van der Waals surface area contributed by atoms with Crippen LogP contribution in [0.4, 0.5) is 0 Å². The SMILES string of the molecule is C#CCOC(=O)[C@H](C)N.Cl. The molecule has 3 nitrogen and oxygen atoms in total. The van der Waals surface area contributed by atoms with Crippen molar-refractivity contribution in [2.75, 3.05) is 6.61 Å². The Balaban J connectivity index is 0. The lowest BCUT2D eigenvalue weighted by atomic mass is 10.4. The third kappa shape index (κ3) is 5.42. The number of hydrogen-bond donors (Lipinski definition) is 1. The number of ether oxygens (including phenoxy) is 1. The molecule has 4 heteroatoms. The first-order chi connectivity index (χ1) is 4.18. The zero-order chi connectivity index (χ0) is 7.28. The smallest absolute Gasteiger partial charge is 0.323 e. The molecule has 0 saturated heterocycles. The van der Waals surface area contributed by atoms with Crippen molar-refractivity contribution in [1.29, 1.82) is 0 Å². The van der Waals surface area contributed by atoms with Gasteiger partial charge in [0.05, 0.1) is 0 Å². The molecule has 0 saturated carbocycles. The number of rotatable bonds is 2. The highest BCUT2D eigenvalue weighted by Crippen LogP contribution is 1.81. The van der Waals surface area contributed by atoms with Gasteiger partial charge >= 0.3 is 5.97 Å². The number of carbonyl (C=O) groups excluding carboxylic acids is 1. The van der Waals surface area contributed by atoms with Crippen LogP contribution in [0.5, 0.6) is 0 Å². The maximum Gasteiger partial charge on any atom is 0.323 e. The molecule has 0 heterocycles. The topological polar surface area (TPSA) is 52.3 Å². The molecule has 0 amide bonds. The van der Waals surface area contributed by atoms with Gasteiger partial charge in [0.25, 0.3) is 0 Å². The van der Waals surface area contributed by atoms with Gasteiger partial charge in [0, 0.05) is 0 Å². The van der Waals surface area contributed by atoms with Crippen molar-refractivity contribution < 1.29 is 9.53 Å². The van der Waals surface area contributed by atoms with Crippen LogP contribution in [0.2, 0.25) is 0 Å². The van der Waals surface area contributed by atoms with Crippen molar-refractivity contribution in [3.05, 3.63) is 0 Å². The maximum absolute atomic E-state index is 10.5. The number of terminal acetylenes is 1. The van der Waals surface area contributed by atoms with E-state index in [1.807, 2.05) is 0 Å². The zero-order valence-electron chi connectivity index (χ0n) is 5.66. The first-order valence-corrected chi connectivity index (χ1v) is 2.54. The Morgan fingerprint density at radius 1 is 1.90 bits per heavy atom. The van der Waals surface area contributed by atoms with Gasteiger partial charge in [-0.15, -0.1) is 18.8 Å². The van der Waals surface area contributed by atoms with Crippen LogP contribution in [0, 0.1) is 12.3 Å². The Hall–Kier alpha value is -0.720. The van der Waals surface area contributed by atoms with E-state index in [2.05, 4.69) is 10.7 Å². The lowest BCUT2D eigenvalue weighted by Crippen LogP contribution is -2.28. The Labute approximate surface area is 66.3 Å². The molecule has 0 aromatic heterocycles. The van der Waals surface area contributed by atoms with E-state index in [0.717, 1.165) is 0 Å². The lowest BCUT2D eigenvalue weighted by Gasteiger charge is -2.01. The third-order valence-corrected chi connectivity index (χ3v) is 0.670. The molecule has 0 radical (unpaired) electrons. The summed E-state index contributed by atoms with van der Waals surface area (Å²) >= 11 is 0. The lowest BCUT2D eigenvalue weighted by molar-refractivity contribution is -0.143. The van der Waals surface area contributed by atoms with Crippen LogP contribution in [0.25, 0.3) is 0 Å². The molecule has 58 valence electrons. The number of esters is 1. The normalized spacial score (nSPS) is 10.5. The Bertz CT molecular complexity index is 139. The minimum absolute atomic E-state index is 0. The summed E-state index contributed by atoms with van der Waals surface area (Å²) in [6.07, 6.45) is 4.81. The van der Waals surface area contributed by atoms with E-state index < -0.39 is 12.0 Å². The fourth-order valence-electron chi connectivity index (χ4n) is 0.244. The fraction of sp³-hybridized carbons (Fsp3) is 0.500. The van der Waals surface area contributed by atoms with E-state index in [1.165, 1.54) is 0 Å². The molecule has 2 N–H and O–H groups in total. The maximum atomic E-state index is 10.5. The van der Waals surface area contributed by atoms with Crippen molar-refractivity contribution in [3.8, 4) is 12.3 Å². The second-order valence-corrected chi connectivity index (χ2v) is 1.60. The van der Waals surface area contributed by atoms with Gasteiger partial charge in [-0.1, -0.05) is 5.92 Å². The van der Waals surface area contributed by atoms with Crippen LogP contribution in [-0.4, -0.2) is 18.6 Å². The van der Waals surface area contributed by atoms with E-state index in [-0.39, 0.29) is 19.0 Å². The summed E-state index contributed by atoms with van der Waals surface area (Å²) < 4.78 is 4.45. The van der Waals surface area contributed by atoms with E-state index >= 15 is 0 Å². The largest absolute Gasteiger partial charge is 0.451 e. The molecular formula is C6H10ClNO2. The number of halogens is 1. The zero-order valence-corrected chi connectivity index (χ0v) is 6.48. The minimum Gasteiger partial charge on any atom is -0.451 e. The van der Waals surface area contributed by atoms with Gasteiger partial charge < -0.3 is 10.5 Å². The molecule has 1 atom stereocenters. The highest BCUT2D eigenvalue weighted by Gasteiger charge is 2.06. The van der Waals surface area contributed by atoms with E-state index in [1.54, 1.807) is 6.92 Å². The molecule has 0 aliphatic carbocycles. The van der Waals surface area contributed by atoms with Crippen molar-refractivity contribution >= 4 is 18.4 Å². The predicted molar refractivity (Wildman–Crippen MR) is 40.7 cm³/mol. The van der Waals surface area contributed by atoms with E-state index in [9.17, 15) is 4.79 Å². The van der Waals surface area contributed by atoms with Gasteiger partial charge in [-0.25, -0.2) is 0 Å². The molecule has 0 aromatic carbocycles. The molecule has 0 aliphatic heterocycles. The number of carbonyl (C=O) groups is 1. The quantitative estimate of drug-likeness (QED) is 0.458. The van der Waals surface area contributed by atoms with Gasteiger partial charge in [-0.2, -0.15) is 0 Å². The Morgan fingerprint density at radius 3 is 2.70 bits per heavy atom. The average molecular weight is 164 g/mol. The van der Waals surface area contributed by atoms with Gasteiger partial charge in [-0.05, 0) is 6.92 Å². The molecule has 0 bridgehead atoms. The second-order valence-electron chi connectivity index (χ2n) is 1.60. The Morgan fingerprint density at radius 2 is 2.40 bits per heavy atom. The average Bonchev–Trinajstić information content (AvgIpc) is 1.82. The highest BCUT2D eigenvalue weighted by atomic mass is 35.5. The molecule has 0 rings (SSSR count). The van der Waals surface area contributed by atoms with Crippen LogP contribution in [0.15, 0.2) is 0 Å². The molecule has 0 spiro atoms. The molecule has 0 aliphatic rings. The van der Waals surface area contributed by atoms with E-state index in [0.29, 0.717) is 0 Å². The van der Waals surface area contributed by atoms with Gasteiger partial charge in [0.2, 0.25) is 0 Å². The molecule has 0 aromatic rings. The van der Waals surface area contributed by atoms with Crippen molar-refractivity contribution in [3.63, 3.8) is 0 Å². The summed E-state index contributed by atoms with van der Waals surface area (Å²) in [5, 5.41) is 0. The molecular weight excluding hydrogens is 154 g/mol. The first-order valence-electron chi connectivity index (χ1n) is 2.54.